The lowest BCUT2D eigenvalue weighted by Crippen LogP contribution is -2.28. The molecule has 0 bridgehead atoms. The van der Waals surface area contributed by atoms with E-state index < -0.39 is 4.92 Å². The monoisotopic (exact) mass is 236 g/mol. The summed E-state index contributed by atoms with van der Waals surface area (Å²) in [5.74, 6) is 0.132. The van der Waals surface area contributed by atoms with Crippen molar-refractivity contribution >= 4 is 11.6 Å². The van der Waals surface area contributed by atoms with Gasteiger partial charge in [0.05, 0.1) is 4.92 Å². The van der Waals surface area contributed by atoms with Crippen molar-refractivity contribution in [2.75, 3.05) is 13.2 Å². The van der Waals surface area contributed by atoms with E-state index in [4.69, 9.17) is 4.74 Å². The van der Waals surface area contributed by atoms with Crippen LogP contribution < -0.4 is 10.1 Å². The second-order valence-corrected chi connectivity index (χ2v) is 3.13. The van der Waals surface area contributed by atoms with Gasteiger partial charge in [-0.3, -0.25) is 14.9 Å². The first-order valence-corrected chi connectivity index (χ1v) is 4.88. The molecule has 0 atom stereocenters. The van der Waals surface area contributed by atoms with Gasteiger partial charge in [0.1, 0.15) is 5.75 Å². The summed E-state index contributed by atoms with van der Waals surface area (Å²) >= 11 is 0. The molecule has 6 nitrogen and oxygen atoms in total. The van der Waals surface area contributed by atoms with E-state index in [9.17, 15) is 14.9 Å². The zero-order valence-corrected chi connectivity index (χ0v) is 9.09. The van der Waals surface area contributed by atoms with Gasteiger partial charge in [0.2, 0.25) is 0 Å². The molecule has 6 heteroatoms. The highest BCUT2D eigenvalue weighted by Crippen LogP contribution is 2.16. The fraction of sp³-hybridized carbons (Fsp3) is 0.182. The molecule has 0 saturated carbocycles. The Morgan fingerprint density at radius 1 is 1.47 bits per heavy atom. The van der Waals surface area contributed by atoms with Crippen LogP contribution in [-0.4, -0.2) is 24.0 Å². The summed E-state index contributed by atoms with van der Waals surface area (Å²) in [5, 5.41) is 12.9. The average Bonchev–Trinajstić information content (AvgIpc) is 2.34. The van der Waals surface area contributed by atoms with Crippen molar-refractivity contribution in [3.63, 3.8) is 0 Å². The van der Waals surface area contributed by atoms with Crippen molar-refractivity contribution < 1.29 is 14.5 Å². The number of carbonyl (C=O) groups is 1. The van der Waals surface area contributed by atoms with Crippen molar-refractivity contribution in [2.24, 2.45) is 0 Å². The van der Waals surface area contributed by atoms with Gasteiger partial charge in [0.25, 0.3) is 11.6 Å². The number of nitro benzene ring substituents is 1. The number of rotatable bonds is 6. The molecule has 1 N–H and O–H groups in total. The predicted molar refractivity (Wildman–Crippen MR) is 61.8 cm³/mol. The molecular formula is C11H12N2O4. The number of nitrogens with one attached hydrogen (secondary N) is 1. The normalized spacial score (nSPS) is 9.41. The number of amides is 1. The zero-order valence-electron chi connectivity index (χ0n) is 9.09. The minimum Gasteiger partial charge on any atom is -0.484 e. The summed E-state index contributed by atoms with van der Waals surface area (Å²) < 4.78 is 5.13. The molecule has 90 valence electrons. The molecule has 17 heavy (non-hydrogen) atoms. The molecule has 0 saturated heterocycles. The van der Waals surface area contributed by atoms with Gasteiger partial charge in [-0.1, -0.05) is 6.08 Å². The van der Waals surface area contributed by atoms with Crippen LogP contribution in [0.25, 0.3) is 0 Å². The molecule has 0 aliphatic heterocycles. The van der Waals surface area contributed by atoms with Crippen LogP contribution in [0.2, 0.25) is 0 Å². The van der Waals surface area contributed by atoms with Crippen molar-refractivity contribution in [1.29, 1.82) is 0 Å². The maximum absolute atomic E-state index is 11.2. The smallest absolute Gasteiger partial charge is 0.269 e. The van der Waals surface area contributed by atoms with Crippen molar-refractivity contribution in [3.8, 4) is 5.75 Å². The van der Waals surface area contributed by atoms with Gasteiger partial charge >= 0.3 is 0 Å². The number of non-ortho nitro benzene ring substituents is 1. The van der Waals surface area contributed by atoms with E-state index in [0.717, 1.165) is 0 Å². The first-order chi connectivity index (χ1) is 8.13. The third-order valence-corrected chi connectivity index (χ3v) is 1.86. The molecule has 0 fully saturated rings. The quantitative estimate of drug-likeness (QED) is 0.458. The molecular weight excluding hydrogens is 224 g/mol. The second kappa shape index (κ2) is 6.26. The maximum atomic E-state index is 11.2. The molecule has 0 aromatic heterocycles. The Hall–Kier alpha value is -2.37. The highest BCUT2D eigenvalue weighted by molar-refractivity contribution is 5.77. The van der Waals surface area contributed by atoms with Crippen LogP contribution in [-0.2, 0) is 4.79 Å². The fourth-order valence-electron chi connectivity index (χ4n) is 1.05. The van der Waals surface area contributed by atoms with Crippen LogP contribution in [0.1, 0.15) is 0 Å². The van der Waals surface area contributed by atoms with E-state index in [2.05, 4.69) is 11.9 Å². The van der Waals surface area contributed by atoms with E-state index >= 15 is 0 Å². The van der Waals surface area contributed by atoms with Crippen LogP contribution in [0.4, 0.5) is 5.69 Å². The van der Waals surface area contributed by atoms with Crippen LogP contribution in [0, 0.1) is 10.1 Å². The first kappa shape index (κ1) is 12.7. The van der Waals surface area contributed by atoms with E-state index in [1.165, 1.54) is 24.3 Å². The fourth-order valence-corrected chi connectivity index (χ4v) is 1.05. The van der Waals surface area contributed by atoms with Crippen molar-refractivity contribution in [3.05, 3.63) is 47.0 Å². The highest BCUT2D eigenvalue weighted by atomic mass is 16.6. The number of hydrogen-bond acceptors (Lipinski definition) is 4. The number of nitrogens with zero attached hydrogens (tertiary/aromatic N) is 1. The van der Waals surface area contributed by atoms with Crippen LogP contribution in [0.5, 0.6) is 5.75 Å². The SMILES string of the molecule is C=CCNC(=O)COc1ccc([N+](=O)[O-])cc1. The third kappa shape index (κ3) is 4.33. The van der Waals surface area contributed by atoms with E-state index in [1.54, 1.807) is 6.08 Å². The Morgan fingerprint density at radius 3 is 2.65 bits per heavy atom. The summed E-state index contributed by atoms with van der Waals surface area (Å²) in [6.07, 6.45) is 1.56. The third-order valence-electron chi connectivity index (χ3n) is 1.86. The molecule has 0 unspecified atom stereocenters. The van der Waals surface area contributed by atoms with Gasteiger partial charge in [-0.15, -0.1) is 6.58 Å². The second-order valence-electron chi connectivity index (χ2n) is 3.13. The first-order valence-electron chi connectivity index (χ1n) is 4.88. The van der Waals surface area contributed by atoms with Gasteiger partial charge in [-0.2, -0.15) is 0 Å². The highest BCUT2D eigenvalue weighted by Gasteiger charge is 2.05. The van der Waals surface area contributed by atoms with Crippen molar-refractivity contribution in [1.82, 2.24) is 5.32 Å². The number of benzene rings is 1. The molecule has 1 aromatic carbocycles. The summed E-state index contributed by atoms with van der Waals surface area (Å²) in [7, 11) is 0. The molecule has 1 aromatic rings. The Balaban J connectivity index is 2.44. The van der Waals surface area contributed by atoms with Gasteiger partial charge in [0.15, 0.2) is 6.61 Å². The molecule has 1 rings (SSSR count). The summed E-state index contributed by atoms with van der Waals surface area (Å²) in [5.41, 5.74) is -0.0199. The van der Waals surface area contributed by atoms with E-state index in [1.807, 2.05) is 0 Å². The van der Waals surface area contributed by atoms with Crippen LogP contribution in [0.3, 0.4) is 0 Å². The Kier molecular flexibility index (Phi) is 4.68. The van der Waals surface area contributed by atoms with Gasteiger partial charge < -0.3 is 10.1 Å². The zero-order chi connectivity index (χ0) is 12.7. The number of carbonyl (C=O) groups excluding carboxylic acids is 1. The standard InChI is InChI=1S/C11H12N2O4/c1-2-7-12-11(14)8-17-10-5-3-9(4-6-10)13(15)16/h2-6H,1,7-8H2,(H,12,14). The molecule has 0 aliphatic rings. The van der Waals surface area contributed by atoms with Crippen molar-refractivity contribution in [2.45, 2.75) is 0 Å². The molecule has 0 radical (unpaired) electrons. The Morgan fingerprint density at radius 2 is 2.12 bits per heavy atom. The van der Waals surface area contributed by atoms with E-state index in [-0.39, 0.29) is 18.2 Å². The molecule has 0 heterocycles. The number of ether oxygens (including phenoxy) is 1. The molecule has 1 amide bonds. The topological polar surface area (TPSA) is 81.5 Å². The van der Waals surface area contributed by atoms with Gasteiger partial charge in [0, 0.05) is 18.7 Å². The number of nitro groups is 1. The van der Waals surface area contributed by atoms with Crippen LogP contribution >= 0.6 is 0 Å². The predicted octanol–water partition coefficient (Wildman–Crippen LogP) is 1.28. The minimum absolute atomic E-state index is 0.0199. The minimum atomic E-state index is -0.499. The molecule has 0 spiro atoms. The summed E-state index contributed by atoms with van der Waals surface area (Å²) in [6.45, 7) is 3.70. The maximum Gasteiger partial charge on any atom is 0.269 e. The lowest BCUT2D eigenvalue weighted by molar-refractivity contribution is -0.384. The average molecular weight is 236 g/mol. The Bertz CT molecular complexity index is 414. The molecule has 0 aliphatic carbocycles. The Labute approximate surface area is 98.0 Å². The lowest BCUT2D eigenvalue weighted by Gasteiger charge is -2.05. The number of hydrogen-bond donors (Lipinski definition) is 1. The lowest BCUT2D eigenvalue weighted by atomic mass is 10.3. The van der Waals surface area contributed by atoms with Gasteiger partial charge in [-0.05, 0) is 12.1 Å². The van der Waals surface area contributed by atoms with Crippen LogP contribution in [0.15, 0.2) is 36.9 Å². The summed E-state index contributed by atoms with van der Waals surface area (Å²) in [4.78, 5) is 21.0. The van der Waals surface area contributed by atoms with Gasteiger partial charge in [-0.25, -0.2) is 0 Å². The van der Waals surface area contributed by atoms with E-state index in [0.29, 0.717) is 12.3 Å². The summed E-state index contributed by atoms with van der Waals surface area (Å²) in [6, 6.07) is 5.52. The largest absolute Gasteiger partial charge is 0.484 e.